The highest BCUT2D eigenvalue weighted by molar-refractivity contribution is 6.30. The van der Waals surface area contributed by atoms with Crippen molar-refractivity contribution in [2.45, 2.75) is 51.0 Å². The molecule has 5 heteroatoms. The molecule has 1 saturated heterocycles. The first-order chi connectivity index (χ1) is 11.6. The van der Waals surface area contributed by atoms with Crippen molar-refractivity contribution in [3.05, 3.63) is 34.9 Å². The van der Waals surface area contributed by atoms with Crippen LogP contribution in [0, 0.1) is 5.92 Å². The highest BCUT2D eigenvalue weighted by Gasteiger charge is 2.27. The van der Waals surface area contributed by atoms with Gasteiger partial charge in [0.2, 0.25) is 5.91 Å². The molecule has 3 rings (SSSR count). The summed E-state index contributed by atoms with van der Waals surface area (Å²) in [7, 11) is 0. The molecule has 0 atom stereocenters. The topological polar surface area (TPSA) is 49.4 Å². The highest BCUT2D eigenvalue weighted by Crippen LogP contribution is 2.24. The van der Waals surface area contributed by atoms with Gasteiger partial charge in [0.1, 0.15) is 0 Å². The van der Waals surface area contributed by atoms with Gasteiger partial charge in [-0.1, -0.05) is 36.9 Å². The average molecular weight is 349 g/mol. The molecule has 0 unspecified atom stereocenters. The second-order valence-electron chi connectivity index (χ2n) is 6.92. The van der Waals surface area contributed by atoms with Crippen molar-refractivity contribution in [1.82, 2.24) is 10.2 Å². The minimum atomic E-state index is 0.0227. The molecule has 1 aromatic rings. The Labute approximate surface area is 148 Å². The monoisotopic (exact) mass is 348 g/mol. The first-order valence-corrected chi connectivity index (χ1v) is 9.36. The lowest BCUT2D eigenvalue weighted by atomic mass is 9.88. The van der Waals surface area contributed by atoms with Gasteiger partial charge in [0, 0.05) is 35.6 Å². The van der Waals surface area contributed by atoms with Gasteiger partial charge < -0.3 is 10.2 Å². The van der Waals surface area contributed by atoms with Crippen LogP contribution in [-0.2, 0) is 4.79 Å². The number of amides is 2. The fourth-order valence-electron chi connectivity index (χ4n) is 3.71. The quantitative estimate of drug-likeness (QED) is 0.906. The molecule has 1 saturated carbocycles. The largest absolute Gasteiger partial charge is 0.353 e. The first-order valence-electron chi connectivity index (χ1n) is 8.99. The third-order valence-corrected chi connectivity index (χ3v) is 5.41. The zero-order valence-corrected chi connectivity index (χ0v) is 14.7. The van der Waals surface area contributed by atoms with Gasteiger partial charge in [-0.05, 0) is 43.9 Å². The Morgan fingerprint density at radius 2 is 1.75 bits per heavy atom. The Balaban J connectivity index is 1.48. The smallest absolute Gasteiger partial charge is 0.253 e. The van der Waals surface area contributed by atoms with Crippen molar-refractivity contribution in [3.8, 4) is 0 Å². The van der Waals surface area contributed by atoms with E-state index in [9.17, 15) is 9.59 Å². The number of nitrogens with zero attached hydrogens (tertiary/aromatic N) is 1. The second kappa shape index (κ2) is 8.02. The number of carbonyl (C=O) groups is 2. The van der Waals surface area contributed by atoms with E-state index in [0.29, 0.717) is 23.7 Å². The molecular formula is C19H25ClN2O2. The SMILES string of the molecule is O=C(NC1CCN(C(=O)c2cccc(Cl)c2)CC1)C1CCCCC1. The van der Waals surface area contributed by atoms with Gasteiger partial charge in [-0.25, -0.2) is 0 Å². The lowest BCUT2D eigenvalue weighted by Crippen LogP contribution is -2.48. The number of hydrogen-bond donors (Lipinski definition) is 1. The van der Waals surface area contributed by atoms with Crippen molar-refractivity contribution in [2.75, 3.05) is 13.1 Å². The molecule has 1 aliphatic carbocycles. The lowest BCUT2D eigenvalue weighted by Gasteiger charge is -2.33. The summed E-state index contributed by atoms with van der Waals surface area (Å²) in [6.07, 6.45) is 7.30. The molecule has 1 heterocycles. The molecule has 0 spiro atoms. The van der Waals surface area contributed by atoms with E-state index < -0.39 is 0 Å². The number of piperidine rings is 1. The summed E-state index contributed by atoms with van der Waals surface area (Å²) >= 11 is 5.96. The lowest BCUT2D eigenvalue weighted by molar-refractivity contribution is -0.126. The fourth-order valence-corrected chi connectivity index (χ4v) is 3.91. The summed E-state index contributed by atoms with van der Waals surface area (Å²) in [6, 6.07) is 7.27. The minimum absolute atomic E-state index is 0.0227. The molecule has 0 aromatic heterocycles. The summed E-state index contributed by atoms with van der Waals surface area (Å²) in [4.78, 5) is 26.7. The van der Waals surface area contributed by atoms with Crippen LogP contribution < -0.4 is 5.32 Å². The fraction of sp³-hybridized carbons (Fsp3) is 0.579. The molecule has 1 aliphatic heterocycles. The predicted molar refractivity (Wildman–Crippen MR) is 95.1 cm³/mol. The van der Waals surface area contributed by atoms with Gasteiger partial charge in [-0.15, -0.1) is 0 Å². The van der Waals surface area contributed by atoms with Crippen LogP contribution in [0.15, 0.2) is 24.3 Å². The van der Waals surface area contributed by atoms with Gasteiger partial charge in [0.25, 0.3) is 5.91 Å². The number of carbonyl (C=O) groups excluding carboxylic acids is 2. The molecule has 1 aromatic carbocycles. The van der Waals surface area contributed by atoms with E-state index in [0.717, 1.165) is 25.7 Å². The van der Waals surface area contributed by atoms with Crippen LogP contribution in [0.2, 0.25) is 5.02 Å². The molecule has 0 radical (unpaired) electrons. The van der Waals surface area contributed by atoms with Crippen LogP contribution in [0.5, 0.6) is 0 Å². The molecule has 130 valence electrons. The maximum absolute atomic E-state index is 12.5. The van der Waals surface area contributed by atoms with E-state index in [1.807, 2.05) is 4.90 Å². The average Bonchev–Trinajstić information content (AvgIpc) is 2.62. The maximum atomic E-state index is 12.5. The normalized spacial score (nSPS) is 20.0. The summed E-state index contributed by atoms with van der Waals surface area (Å²) < 4.78 is 0. The summed E-state index contributed by atoms with van der Waals surface area (Å²) in [6.45, 7) is 1.36. The van der Waals surface area contributed by atoms with E-state index in [1.165, 1.54) is 19.3 Å². The van der Waals surface area contributed by atoms with E-state index in [4.69, 9.17) is 11.6 Å². The van der Waals surface area contributed by atoms with Crippen LogP contribution in [0.25, 0.3) is 0 Å². The minimum Gasteiger partial charge on any atom is -0.353 e. The zero-order valence-electron chi connectivity index (χ0n) is 14.0. The third kappa shape index (κ3) is 4.29. The van der Waals surface area contributed by atoms with Crippen molar-refractivity contribution in [1.29, 1.82) is 0 Å². The van der Waals surface area contributed by atoms with Crippen molar-refractivity contribution in [3.63, 3.8) is 0 Å². The molecule has 2 amide bonds. The van der Waals surface area contributed by atoms with Gasteiger partial charge in [0.15, 0.2) is 0 Å². The Hall–Kier alpha value is -1.55. The van der Waals surface area contributed by atoms with Crippen molar-refractivity contribution >= 4 is 23.4 Å². The number of rotatable bonds is 3. The van der Waals surface area contributed by atoms with E-state index in [-0.39, 0.29) is 23.8 Å². The van der Waals surface area contributed by atoms with Crippen LogP contribution in [0.4, 0.5) is 0 Å². The second-order valence-corrected chi connectivity index (χ2v) is 7.36. The number of nitrogens with one attached hydrogen (secondary N) is 1. The molecule has 4 nitrogen and oxygen atoms in total. The van der Waals surface area contributed by atoms with Crippen molar-refractivity contribution < 1.29 is 9.59 Å². The van der Waals surface area contributed by atoms with Gasteiger partial charge in [-0.3, -0.25) is 9.59 Å². The van der Waals surface area contributed by atoms with E-state index in [1.54, 1.807) is 24.3 Å². The van der Waals surface area contributed by atoms with E-state index >= 15 is 0 Å². The Kier molecular flexibility index (Phi) is 5.77. The molecule has 0 bridgehead atoms. The third-order valence-electron chi connectivity index (χ3n) is 5.18. The van der Waals surface area contributed by atoms with Crippen molar-refractivity contribution in [2.24, 2.45) is 5.92 Å². The Morgan fingerprint density at radius 1 is 1.04 bits per heavy atom. The highest BCUT2D eigenvalue weighted by atomic mass is 35.5. The van der Waals surface area contributed by atoms with Crippen LogP contribution in [-0.4, -0.2) is 35.8 Å². The zero-order chi connectivity index (χ0) is 16.9. The molecule has 2 fully saturated rings. The predicted octanol–water partition coefficient (Wildman–Crippen LogP) is 3.64. The Morgan fingerprint density at radius 3 is 2.42 bits per heavy atom. The van der Waals surface area contributed by atoms with Crippen LogP contribution in [0.1, 0.15) is 55.3 Å². The maximum Gasteiger partial charge on any atom is 0.253 e. The first kappa shape index (κ1) is 17.3. The summed E-state index contributed by atoms with van der Waals surface area (Å²) in [5.41, 5.74) is 0.632. The van der Waals surface area contributed by atoms with Crippen LogP contribution >= 0.6 is 11.6 Å². The molecule has 1 N–H and O–H groups in total. The Bertz CT molecular complexity index is 591. The molecule has 24 heavy (non-hydrogen) atoms. The summed E-state index contributed by atoms with van der Waals surface area (Å²) in [5, 5.41) is 3.78. The number of benzene rings is 1. The molecule has 2 aliphatic rings. The number of halogens is 1. The number of likely N-dealkylation sites (tertiary alicyclic amines) is 1. The van der Waals surface area contributed by atoms with Gasteiger partial charge >= 0.3 is 0 Å². The summed E-state index contributed by atoms with van der Waals surface area (Å²) in [5.74, 6) is 0.439. The molecular weight excluding hydrogens is 324 g/mol. The van der Waals surface area contributed by atoms with E-state index in [2.05, 4.69) is 5.32 Å². The number of hydrogen-bond acceptors (Lipinski definition) is 2. The van der Waals surface area contributed by atoms with Gasteiger partial charge in [-0.2, -0.15) is 0 Å². The van der Waals surface area contributed by atoms with Crippen LogP contribution in [0.3, 0.4) is 0 Å². The standard InChI is InChI=1S/C19H25ClN2O2/c20-16-8-4-7-15(13-16)19(24)22-11-9-17(10-12-22)21-18(23)14-5-2-1-3-6-14/h4,7-8,13-14,17H,1-3,5-6,9-12H2,(H,21,23). The van der Waals surface area contributed by atoms with Gasteiger partial charge in [0.05, 0.1) is 0 Å².